The number of rotatable bonds is 9. The Hall–Kier alpha value is -1.52. The zero-order valence-corrected chi connectivity index (χ0v) is 12.2. The highest BCUT2D eigenvalue weighted by molar-refractivity contribution is 5.75. The van der Waals surface area contributed by atoms with Crippen molar-refractivity contribution in [2.24, 2.45) is 0 Å². The van der Waals surface area contributed by atoms with E-state index in [1.54, 1.807) is 19.1 Å². The summed E-state index contributed by atoms with van der Waals surface area (Å²) in [5, 5.41) is 0. The van der Waals surface area contributed by atoms with Crippen LogP contribution >= 0.6 is 0 Å². The lowest BCUT2D eigenvalue weighted by Gasteiger charge is -2.09. The molecule has 2 nitrogen and oxygen atoms in total. The Balaban J connectivity index is 2.17. The first kappa shape index (κ1) is 17.5. The van der Waals surface area contributed by atoms with E-state index in [1.165, 1.54) is 12.1 Å². The molecule has 0 radical (unpaired) electrons. The number of carbonyl (C=O) groups excluding carboxylic acids is 1. The van der Waals surface area contributed by atoms with Gasteiger partial charge in [-0.25, -0.2) is 0 Å². The van der Waals surface area contributed by atoms with Crippen LogP contribution in [0.3, 0.4) is 0 Å². The molecule has 0 atom stereocenters. The minimum Gasteiger partial charge on any atom is -0.406 e. The fraction of sp³-hybridized carbons (Fsp3) is 0.562. The van der Waals surface area contributed by atoms with Gasteiger partial charge in [-0.1, -0.05) is 31.4 Å². The number of hydrogen-bond donors (Lipinski definition) is 0. The first-order chi connectivity index (χ1) is 9.87. The monoisotopic (exact) mass is 302 g/mol. The summed E-state index contributed by atoms with van der Waals surface area (Å²) in [6.45, 7) is 1.60. The second-order valence-corrected chi connectivity index (χ2v) is 5.16. The fourth-order valence-electron chi connectivity index (χ4n) is 2.09. The minimum atomic E-state index is -4.64. The van der Waals surface area contributed by atoms with Crippen LogP contribution in [0.25, 0.3) is 0 Å². The van der Waals surface area contributed by atoms with Gasteiger partial charge in [0.25, 0.3) is 0 Å². The van der Waals surface area contributed by atoms with Crippen LogP contribution < -0.4 is 4.74 Å². The van der Waals surface area contributed by atoms with Gasteiger partial charge in [-0.3, -0.25) is 0 Å². The number of ketones is 1. The average Bonchev–Trinajstić information content (AvgIpc) is 2.37. The summed E-state index contributed by atoms with van der Waals surface area (Å²) in [6, 6.07) is 6.01. The number of hydrogen-bond acceptors (Lipinski definition) is 2. The minimum absolute atomic E-state index is 0.185. The lowest BCUT2D eigenvalue weighted by Crippen LogP contribution is -2.17. The molecule has 0 bridgehead atoms. The third kappa shape index (κ3) is 9.10. The molecule has 0 aliphatic carbocycles. The number of ether oxygens (including phenoxy) is 1. The SMILES string of the molecule is CC(=O)CCCCCCCc1ccc(OC(F)(F)F)cc1. The number of alkyl halides is 3. The molecule has 1 aromatic rings. The molecule has 0 saturated carbocycles. The molecule has 0 aromatic heterocycles. The zero-order valence-electron chi connectivity index (χ0n) is 12.2. The molecule has 0 heterocycles. The van der Waals surface area contributed by atoms with Gasteiger partial charge in [-0.2, -0.15) is 0 Å². The highest BCUT2D eigenvalue weighted by Crippen LogP contribution is 2.23. The molecular formula is C16H21F3O2. The maximum Gasteiger partial charge on any atom is 0.573 e. The molecule has 1 aromatic carbocycles. The van der Waals surface area contributed by atoms with Gasteiger partial charge in [0.2, 0.25) is 0 Å². The first-order valence-electron chi connectivity index (χ1n) is 7.21. The van der Waals surface area contributed by atoms with Gasteiger partial charge >= 0.3 is 6.36 Å². The average molecular weight is 302 g/mol. The van der Waals surface area contributed by atoms with Crippen molar-refractivity contribution in [3.05, 3.63) is 29.8 Å². The quantitative estimate of drug-likeness (QED) is 0.596. The summed E-state index contributed by atoms with van der Waals surface area (Å²) in [6.07, 6.45) is 2.01. The highest BCUT2D eigenvalue weighted by atomic mass is 19.4. The summed E-state index contributed by atoms with van der Waals surface area (Å²) >= 11 is 0. The predicted octanol–water partition coefficient (Wildman–Crippen LogP) is 5.06. The van der Waals surface area contributed by atoms with Crippen LogP contribution in [0.4, 0.5) is 13.2 Å². The smallest absolute Gasteiger partial charge is 0.406 e. The predicted molar refractivity (Wildman–Crippen MR) is 75.2 cm³/mol. The van der Waals surface area contributed by atoms with Crippen LogP contribution in [-0.2, 0) is 11.2 Å². The van der Waals surface area contributed by atoms with Gasteiger partial charge in [0.05, 0.1) is 0 Å². The Morgan fingerprint density at radius 2 is 1.57 bits per heavy atom. The Kier molecular flexibility index (Phi) is 7.26. The second-order valence-electron chi connectivity index (χ2n) is 5.16. The normalized spacial score (nSPS) is 11.4. The molecule has 21 heavy (non-hydrogen) atoms. The van der Waals surface area contributed by atoms with Crippen LogP contribution in [0.2, 0.25) is 0 Å². The van der Waals surface area contributed by atoms with E-state index < -0.39 is 6.36 Å². The van der Waals surface area contributed by atoms with Crippen molar-refractivity contribution in [1.82, 2.24) is 0 Å². The molecule has 0 fully saturated rings. The van der Waals surface area contributed by atoms with Gasteiger partial charge in [-0.15, -0.1) is 13.2 Å². The van der Waals surface area contributed by atoms with Crippen molar-refractivity contribution >= 4 is 5.78 Å². The van der Waals surface area contributed by atoms with Crippen LogP contribution in [-0.4, -0.2) is 12.1 Å². The van der Waals surface area contributed by atoms with E-state index in [-0.39, 0.29) is 11.5 Å². The first-order valence-corrected chi connectivity index (χ1v) is 7.21. The lowest BCUT2D eigenvalue weighted by atomic mass is 10.0. The highest BCUT2D eigenvalue weighted by Gasteiger charge is 2.30. The van der Waals surface area contributed by atoms with Crippen LogP contribution in [0.15, 0.2) is 24.3 Å². The van der Waals surface area contributed by atoms with E-state index in [9.17, 15) is 18.0 Å². The molecular weight excluding hydrogens is 281 g/mol. The standard InChI is InChI=1S/C16H21F3O2/c1-13(20)7-5-3-2-4-6-8-14-9-11-15(12-10-14)21-16(17,18)19/h9-12H,2-8H2,1H3. The molecule has 1 rings (SSSR count). The fourth-order valence-corrected chi connectivity index (χ4v) is 2.09. The number of carbonyl (C=O) groups is 1. The Morgan fingerprint density at radius 1 is 1.00 bits per heavy atom. The summed E-state index contributed by atoms with van der Waals surface area (Å²) < 4.78 is 39.8. The molecule has 0 N–H and O–H groups in total. The lowest BCUT2D eigenvalue weighted by molar-refractivity contribution is -0.274. The van der Waals surface area contributed by atoms with E-state index in [0.29, 0.717) is 6.42 Å². The van der Waals surface area contributed by atoms with E-state index in [4.69, 9.17) is 0 Å². The van der Waals surface area contributed by atoms with Gasteiger partial charge in [0.15, 0.2) is 0 Å². The van der Waals surface area contributed by atoms with Crippen molar-refractivity contribution in [2.45, 2.75) is 58.2 Å². The Morgan fingerprint density at radius 3 is 2.14 bits per heavy atom. The van der Waals surface area contributed by atoms with Crippen LogP contribution in [0.5, 0.6) is 5.75 Å². The van der Waals surface area contributed by atoms with E-state index in [0.717, 1.165) is 44.1 Å². The molecule has 0 aliphatic rings. The largest absolute Gasteiger partial charge is 0.573 e. The summed E-state index contributed by atoms with van der Waals surface area (Å²) in [5.41, 5.74) is 1.01. The number of Topliss-reactive ketones (excluding diaryl/α,β-unsaturated/α-hetero) is 1. The summed E-state index contributed by atoms with van der Waals surface area (Å²) in [5.74, 6) is 0.0478. The van der Waals surface area contributed by atoms with Crippen molar-refractivity contribution in [3.8, 4) is 5.75 Å². The second kappa shape index (κ2) is 8.70. The molecule has 118 valence electrons. The van der Waals surface area contributed by atoms with Gasteiger partial charge in [-0.05, 0) is 43.9 Å². The van der Waals surface area contributed by atoms with Crippen molar-refractivity contribution in [3.63, 3.8) is 0 Å². The molecule has 0 unspecified atom stereocenters. The molecule has 0 saturated heterocycles. The maximum absolute atomic E-state index is 12.0. The van der Waals surface area contributed by atoms with Gasteiger partial charge < -0.3 is 9.53 Å². The molecule has 0 amide bonds. The maximum atomic E-state index is 12.0. The number of halogens is 3. The summed E-state index contributed by atoms with van der Waals surface area (Å²) in [4.78, 5) is 10.8. The topological polar surface area (TPSA) is 26.3 Å². The van der Waals surface area contributed by atoms with Crippen molar-refractivity contribution < 1.29 is 22.7 Å². The third-order valence-corrected chi connectivity index (χ3v) is 3.15. The van der Waals surface area contributed by atoms with E-state index in [2.05, 4.69) is 4.74 Å². The Labute approximate surface area is 123 Å². The summed E-state index contributed by atoms with van der Waals surface area (Å²) in [7, 11) is 0. The van der Waals surface area contributed by atoms with Crippen molar-refractivity contribution in [1.29, 1.82) is 0 Å². The van der Waals surface area contributed by atoms with Crippen LogP contribution in [0, 0.1) is 0 Å². The molecule has 0 aliphatic heterocycles. The molecule has 5 heteroatoms. The Bertz CT molecular complexity index is 424. The number of unbranched alkanes of at least 4 members (excludes halogenated alkanes) is 4. The van der Waals surface area contributed by atoms with Gasteiger partial charge in [0, 0.05) is 6.42 Å². The molecule has 0 spiro atoms. The van der Waals surface area contributed by atoms with E-state index >= 15 is 0 Å². The van der Waals surface area contributed by atoms with Crippen molar-refractivity contribution in [2.75, 3.05) is 0 Å². The van der Waals surface area contributed by atoms with Gasteiger partial charge in [0.1, 0.15) is 11.5 Å². The number of benzene rings is 1. The third-order valence-electron chi connectivity index (χ3n) is 3.15. The van der Waals surface area contributed by atoms with E-state index in [1.807, 2.05) is 0 Å². The number of aryl methyl sites for hydroxylation is 1. The van der Waals surface area contributed by atoms with Crippen LogP contribution in [0.1, 0.15) is 51.0 Å². The zero-order chi connectivity index (χ0) is 15.7.